The SMILES string of the molecule is CC(=O)Oc1sc(N)nc1C. The summed E-state index contributed by atoms with van der Waals surface area (Å²) in [7, 11) is 0. The first-order valence-electron chi connectivity index (χ1n) is 3.01. The maximum absolute atomic E-state index is 10.5. The summed E-state index contributed by atoms with van der Waals surface area (Å²) in [5.41, 5.74) is 6.03. The first kappa shape index (κ1) is 8.00. The third-order valence-corrected chi connectivity index (χ3v) is 1.87. The van der Waals surface area contributed by atoms with Crippen LogP contribution in [-0.4, -0.2) is 11.0 Å². The van der Waals surface area contributed by atoms with Gasteiger partial charge in [0.2, 0.25) is 5.06 Å². The molecule has 4 nitrogen and oxygen atoms in total. The van der Waals surface area contributed by atoms with Crippen molar-refractivity contribution >= 4 is 22.4 Å². The van der Waals surface area contributed by atoms with Gasteiger partial charge in [0.1, 0.15) is 0 Å². The van der Waals surface area contributed by atoms with E-state index in [1.165, 1.54) is 18.3 Å². The first-order valence-corrected chi connectivity index (χ1v) is 3.82. The zero-order valence-electron chi connectivity index (χ0n) is 6.25. The largest absolute Gasteiger partial charge is 0.413 e. The normalized spacial score (nSPS) is 9.64. The van der Waals surface area contributed by atoms with Crippen LogP contribution in [0.4, 0.5) is 5.13 Å². The monoisotopic (exact) mass is 172 g/mol. The number of aryl methyl sites for hydroxylation is 1. The second-order valence-corrected chi connectivity index (χ2v) is 3.01. The van der Waals surface area contributed by atoms with E-state index in [2.05, 4.69) is 4.98 Å². The average Bonchev–Trinajstić information content (AvgIpc) is 2.09. The van der Waals surface area contributed by atoms with Crippen LogP contribution in [0.15, 0.2) is 0 Å². The highest BCUT2D eigenvalue weighted by molar-refractivity contribution is 7.17. The Morgan fingerprint density at radius 1 is 1.73 bits per heavy atom. The smallest absolute Gasteiger partial charge is 0.308 e. The number of thiazole rings is 1. The molecule has 0 spiro atoms. The summed E-state index contributed by atoms with van der Waals surface area (Å²) in [5, 5.41) is 0.897. The molecule has 60 valence electrons. The van der Waals surface area contributed by atoms with Crippen LogP contribution in [0.25, 0.3) is 0 Å². The van der Waals surface area contributed by atoms with E-state index in [-0.39, 0.29) is 5.97 Å². The number of rotatable bonds is 1. The summed E-state index contributed by atoms with van der Waals surface area (Å²) >= 11 is 1.17. The predicted octanol–water partition coefficient (Wildman–Crippen LogP) is 0.959. The number of hydrogen-bond donors (Lipinski definition) is 1. The van der Waals surface area contributed by atoms with Crippen LogP contribution in [0.5, 0.6) is 5.06 Å². The average molecular weight is 172 g/mol. The van der Waals surface area contributed by atoms with E-state index in [4.69, 9.17) is 10.5 Å². The zero-order chi connectivity index (χ0) is 8.43. The summed E-state index contributed by atoms with van der Waals surface area (Å²) in [6, 6.07) is 0. The fourth-order valence-corrected chi connectivity index (χ4v) is 1.35. The van der Waals surface area contributed by atoms with Gasteiger partial charge < -0.3 is 10.5 Å². The molecule has 0 bridgehead atoms. The molecule has 0 radical (unpaired) electrons. The van der Waals surface area contributed by atoms with Crippen LogP contribution in [0, 0.1) is 6.92 Å². The lowest BCUT2D eigenvalue weighted by Crippen LogP contribution is -2.00. The van der Waals surface area contributed by atoms with Gasteiger partial charge in [-0.15, -0.1) is 0 Å². The van der Waals surface area contributed by atoms with Crippen molar-refractivity contribution in [2.75, 3.05) is 5.73 Å². The third-order valence-electron chi connectivity index (χ3n) is 1.01. The summed E-state index contributed by atoms with van der Waals surface area (Å²) in [5.74, 6) is -0.350. The van der Waals surface area contributed by atoms with Gasteiger partial charge in [-0.2, -0.15) is 0 Å². The van der Waals surface area contributed by atoms with E-state index < -0.39 is 0 Å². The van der Waals surface area contributed by atoms with Gasteiger partial charge in [0, 0.05) is 6.92 Å². The standard InChI is InChI=1S/C6H8N2O2S/c1-3-5(10-4(2)9)11-6(7)8-3/h1-2H3,(H2,7,8). The zero-order valence-corrected chi connectivity index (χ0v) is 7.07. The van der Waals surface area contributed by atoms with E-state index in [1.54, 1.807) is 6.92 Å². The summed E-state index contributed by atoms with van der Waals surface area (Å²) in [4.78, 5) is 14.4. The molecule has 0 aliphatic heterocycles. The van der Waals surface area contributed by atoms with Crippen molar-refractivity contribution < 1.29 is 9.53 Å². The maximum Gasteiger partial charge on any atom is 0.308 e. The molecule has 0 saturated carbocycles. The molecule has 1 rings (SSSR count). The Morgan fingerprint density at radius 3 is 2.73 bits per heavy atom. The summed E-state index contributed by atoms with van der Waals surface area (Å²) in [6.07, 6.45) is 0. The minimum absolute atomic E-state index is 0.350. The second-order valence-electron chi connectivity index (χ2n) is 2.02. The highest BCUT2D eigenvalue weighted by Crippen LogP contribution is 2.27. The third kappa shape index (κ3) is 1.91. The van der Waals surface area contributed by atoms with Crippen LogP contribution in [0.3, 0.4) is 0 Å². The molecule has 0 aromatic carbocycles. The van der Waals surface area contributed by atoms with Gasteiger partial charge in [0.25, 0.3) is 0 Å². The number of ether oxygens (including phenoxy) is 1. The van der Waals surface area contributed by atoms with E-state index in [0.717, 1.165) is 0 Å². The number of nitrogens with two attached hydrogens (primary N) is 1. The van der Waals surface area contributed by atoms with Crippen LogP contribution in [0.2, 0.25) is 0 Å². The Balaban J connectivity index is 2.85. The van der Waals surface area contributed by atoms with Gasteiger partial charge in [-0.3, -0.25) is 4.79 Å². The number of hydrogen-bond acceptors (Lipinski definition) is 5. The highest BCUT2D eigenvalue weighted by Gasteiger charge is 2.07. The fourth-order valence-electron chi connectivity index (χ4n) is 0.628. The Bertz CT molecular complexity index is 282. The van der Waals surface area contributed by atoms with E-state index in [9.17, 15) is 4.79 Å². The van der Waals surface area contributed by atoms with Gasteiger partial charge in [-0.1, -0.05) is 11.3 Å². The molecule has 0 amide bonds. The van der Waals surface area contributed by atoms with Crippen LogP contribution < -0.4 is 10.5 Å². The molecule has 0 unspecified atom stereocenters. The Labute approximate surface area is 68.0 Å². The molecule has 0 aliphatic rings. The minimum Gasteiger partial charge on any atom is -0.413 e. The number of aromatic nitrogens is 1. The molecule has 0 atom stereocenters. The van der Waals surface area contributed by atoms with E-state index in [0.29, 0.717) is 15.9 Å². The van der Waals surface area contributed by atoms with Crippen LogP contribution in [-0.2, 0) is 4.79 Å². The Kier molecular flexibility index (Phi) is 2.09. The Hall–Kier alpha value is -1.10. The quantitative estimate of drug-likeness (QED) is 0.641. The van der Waals surface area contributed by atoms with Crippen molar-refractivity contribution in [2.45, 2.75) is 13.8 Å². The van der Waals surface area contributed by atoms with Crippen molar-refractivity contribution in [3.05, 3.63) is 5.69 Å². The molecule has 0 saturated heterocycles. The lowest BCUT2D eigenvalue weighted by molar-refractivity contribution is -0.131. The van der Waals surface area contributed by atoms with Crippen molar-refractivity contribution in [2.24, 2.45) is 0 Å². The molecule has 0 aliphatic carbocycles. The van der Waals surface area contributed by atoms with Gasteiger partial charge >= 0.3 is 5.97 Å². The number of anilines is 1. The molecule has 11 heavy (non-hydrogen) atoms. The maximum atomic E-state index is 10.5. The van der Waals surface area contributed by atoms with Crippen molar-refractivity contribution in [1.82, 2.24) is 4.98 Å². The van der Waals surface area contributed by atoms with Crippen molar-refractivity contribution in [1.29, 1.82) is 0 Å². The number of nitrogen functional groups attached to an aromatic ring is 1. The Morgan fingerprint density at radius 2 is 2.36 bits per heavy atom. The second kappa shape index (κ2) is 2.87. The number of carbonyl (C=O) groups excluding carboxylic acids is 1. The van der Waals surface area contributed by atoms with Gasteiger partial charge in [-0.25, -0.2) is 4.98 Å². The molecule has 0 fully saturated rings. The van der Waals surface area contributed by atoms with Crippen LogP contribution >= 0.6 is 11.3 Å². The topological polar surface area (TPSA) is 65.2 Å². The molecule has 1 aromatic rings. The van der Waals surface area contributed by atoms with Gasteiger partial charge in [-0.05, 0) is 6.92 Å². The van der Waals surface area contributed by atoms with Gasteiger partial charge in [0.15, 0.2) is 5.13 Å². The molecular formula is C6H8N2O2S. The number of carbonyl (C=O) groups is 1. The molecule has 5 heteroatoms. The van der Waals surface area contributed by atoms with Crippen molar-refractivity contribution in [3.63, 3.8) is 0 Å². The lowest BCUT2D eigenvalue weighted by Gasteiger charge is -1.94. The minimum atomic E-state index is -0.350. The summed E-state index contributed by atoms with van der Waals surface area (Å²) < 4.78 is 4.80. The molecule has 1 aromatic heterocycles. The number of nitrogens with zero attached hydrogens (tertiary/aromatic N) is 1. The highest BCUT2D eigenvalue weighted by atomic mass is 32.1. The van der Waals surface area contributed by atoms with Crippen LogP contribution in [0.1, 0.15) is 12.6 Å². The van der Waals surface area contributed by atoms with E-state index >= 15 is 0 Å². The fraction of sp³-hybridized carbons (Fsp3) is 0.333. The lowest BCUT2D eigenvalue weighted by atomic mass is 10.5. The van der Waals surface area contributed by atoms with Crippen molar-refractivity contribution in [3.8, 4) is 5.06 Å². The van der Waals surface area contributed by atoms with E-state index in [1.807, 2.05) is 0 Å². The predicted molar refractivity (Wildman–Crippen MR) is 42.6 cm³/mol. The molecule has 1 heterocycles. The summed E-state index contributed by atoms with van der Waals surface area (Å²) in [6.45, 7) is 3.08. The number of esters is 1. The molecule has 2 N–H and O–H groups in total. The first-order chi connectivity index (χ1) is 5.09. The van der Waals surface area contributed by atoms with Gasteiger partial charge in [0.05, 0.1) is 5.69 Å². The molecular weight excluding hydrogens is 164 g/mol.